The van der Waals surface area contributed by atoms with E-state index < -0.39 is 10.0 Å². The second kappa shape index (κ2) is 5.34. The van der Waals surface area contributed by atoms with E-state index in [4.69, 9.17) is 11.6 Å². The van der Waals surface area contributed by atoms with Crippen molar-refractivity contribution in [3.63, 3.8) is 0 Å². The first kappa shape index (κ1) is 14.4. The normalized spacial score (nSPS) is 12.6. The van der Waals surface area contributed by atoms with Crippen LogP contribution in [0.5, 0.6) is 0 Å². The molecule has 0 atom stereocenters. The van der Waals surface area contributed by atoms with Gasteiger partial charge >= 0.3 is 0 Å². The summed E-state index contributed by atoms with van der Waals surface area (Å²) in [5.74, 6) is 0. The van der Waals surface area contributed by atoms with Crippen molar-refractivity contribution >= 4 is 21.6 Å². The summed E-state index contributed by atoms with van der Waals surface area (Å²) in [6.45, 7) is 1.03. The zero-order valence-electron chi connectivity index (χ0n) is 10.4. The Balaban J connectivity index is 2.92. The van der Waals surface area contributed by atoms with Gasteiger partial charge in [-0.25, -0.2) is 13.4 Å². The molecule has 0 saturated carbocycles. The van der Waals surface area contributed by atoms with Crippen molar-refractivity contribution in [3.05, 3.63) is 11.5 Å². The molecule has 0 aliphatic heterocycles. The number of halogens is 1. The second-order valence-electron chi connectivity index (χ2n) is 4.08. The van der Waals surface area contributed by atoms with E-state index in [2.05, 4.69) is 4.98 Å². The van der Waals surface area contributed by atoms with Gasteiger partial charge in [0.15, 0.2) is 0 Å². The number of imidazole rings is 1. The van der Waals surface area contributed by atoms with Gasteiger partial charge in [-0.15, -0.1) is 0 Å². The summed E-state index contributed by atoms with van der Waals surface area (Å²) in [6, 6.07) is 0. The van der Waals surface area contributed by atoms with Gasteiger partial charge in [-0.3, -0.25) is 0 Å². The first-order valence-corrected chi connectivity index (χ1v) is 6.86. The number of likely N-dealkylation sites (N-methyl/N-ethyl adjacent to an activating group) is 2. The highest BCUT2D eigenvalue weighted by atomic mass is 35.5. The lowest BCUT2D eigenvalue weighted by atomic mass is 10.6. The molecule has 1 rings (SSSR count). The number of hydrogen-bond acceptors (Lipinski definition) is 4. The van der Waals surface area contributed by atoms with Gasteiger partial charge < -0.3 is 9.47 Å². The Morgan fingerprint density at radius 2 is 1.94 bits per heavy atom. The number of sulfonamides is 1. The lowest BCUT2D eigenvalue weighted by molar-refractivity contribution is 0.358. The molecule has 6 nitrogen and oxygen atoms in total. The third kappa shape index (κ3) is 3.19. The van der Waals surface area contributed by atoms with Crippen LogP contribution in [-0.2, 0) is 17.1 Å². The van der Waals surface area contributed by atoms with Crippen LogP contribution in [-0.4, -0.2) is 61.4 Å². The monoisotopic (exact) mass is 280 g/mol. The third-order valence-corrected chi connectivity index (χ3v) is 4.70. The van der Waals surface area contributed by atoms with Crippen LogP contribution in [0.1, 0.15) is 0 Å². The Morgan fingerprint density at radius 3 is 2.35 bits per heavy atom. The highest BCUT2D eigenvalue weighted by Crippen LogP contribution is 2.21. The predicted octanol–water partition coefficient (Wildman–Crippen LogP) is 0.256. The van der Waals surface area contributed by atoms with E-state index in [1.165, 1.54) is 22.2 Å². The van der Waals surface area contributed by atoms with Gasteiger partial charge in [-0.1, -0.05) is 11.6 Å². The molecule has 0 amide bonds. The van der Waals surface area contributed by atoms with Crippen molar-refractivity contribution in [2.45, 2.75) is 5.03 Å². The average Bonchev–Trinajstić information content (AvgIpc) is 2.56. The number of aryl methyl sites for hydroxylation is 1. The van der Waals surface area contributed by atoms with Gasteiger partial charge in [-0.2, -0.15) is 4.31 Å². The van der Waals surface area contributed by atoms with Gasteiger partial charge in [-0.05, 0) is 14.1 Å². The SMILES string of the molecule is CN(C)CCN(C)S(=O)(=O)c1ncn(C)c1Cl. The Labute approximate surface area is 107 Å². The molecule has 0 unspecified atom stereocenters. The molecule has 8 heteroatoms. The molecule has 17 heavy (non-hydrogen) atoms. The quantitative estimate of drug-likeness (QED) is 0.776. The summed E-state index contributed by atoms with van der Waals surface area (Å²) in [5, 5.41) is 0.0321. The first-order chi connectivity index (χ1) is 7.76. The lowest BCUT2D eigenvalue weighted by Crippen LogP contribution is -2.33. The largest absolute Gasteiger partial charge is 0.324 e. The molecule has 0 bridgehead atoms. The Hall–Kier alpha value is -0.630. The standard InChI is InChI=1S/C9H17ClN4O2S/c1-12(2)5-6-14(4)17(15,16)9-8(10)13(3)7-11-9/h7H,5-6H2,1-4H3. The van der Waals surface area contributed by atoms with Crippen molar-refractivity contribution in [1.82, 2.24) is 18.8 Å². The first-order valence-electron chi connectivity index (χ1n) is 5.04. The molecule has 0 spiro atoms. The van der Waals surface area contributed by atoms with E-state index in [1.807, 2.05) is 19.0 Å². The summed E-state index contributed by atoms with van der Waals surface area (Å²) < 4.78 is 27.0. The molecule has 1 heterocycles. The molecule has 0 fully saturated rings. The summed E-state index contributed by atoms with van der Waals surface area (Å²) >= 11 is 5.88. The highest BCUT2D eigenvalue weighted by molar-refractivity contribution is 7.89. The Bertz CT molecular complexity index is 483. The molecule has 0 N–H and O–H groups in total. The fraction of sp³-hybridized carbons (Fsp3) is 0.667. The van der Waals surface area contributed by atoms with Crippen molar-refractivity contribution in [1.29, 1.82) is 0 Å². The van der Waals surface area contributed by atoms with Crippen LogP contribution in [0.15, 0.2) is 11.4 Å². The maximum atomic E-state index is 12.1. The van der Waals surface area contributed by atoms with E-state index in [9.17, 15) is 8.42 Å². The van der Waals surface area contributed by atoms with E-state index >= 15 is 0 Å². The van der Waals surface area contributed by atoms with Gasteiger partial charge in [0.25, 0.3) is 10.0 Å². The topological polar surface area (TPSA) is 58.4 Å². The Morgan fingerprint density at radius 1 is 1.35 bits per heavy atom. The van der Waals surface area contributed by atoms with Crippen LogP contribution < -0.4 is 0 Å². The molecule has 0 aliphatic carbocycles. The molecular weight excluding hydrogens is 264 g/mol. The van der Waals surface area contributed by atoms with Gasteiger partial charge in [0, 0.05) is 27.2 Å². The minimum atomic E-state index is -3.60. The number of hydrogen-bond donors (Lipinski definition) is 0. The van der Waals surface area contributed by atoms with Gasteiger partial charge in [0.1, 0.15) is 5.15 Å². The van der Waals surface area contributed by atoms with Crippen LogP contribution in [0.2, 0.25) is 5.15 Å². The molecule has 0 aliphatic rings. The van der Waals surface area contributed by atoms with Gasteiger partial charge in [0.05, 0.1) is 6.33 Å². The maximum Gasteiger partial charge on any atom is 0.263 e. The lowest BCUT2D eigenvalue weighted by Gasteiger charge is -2.18. The zero-order valence-corrected chi connectivity index (χ0v) is 12.0. The van der Waals surface area contributed by atoms with E-state index in [0.717, 1.165) is 0 Å². The predicted molar refractivity (Wildman–Crippen MR) is 66.6 cm³/mol. The van der Waals surface area contributed by atoms with Crippen LogP contribution in [0.4, 0.5) is 0 Å². The van der Waals surface area contributed by atoms with Crippen molar-refractivity contribution < 1.29 is 8.42 Å². The van der Waals surface area contributed by atoms with Crippen LogP contribution in [0.3, 0.4) is 0 Å². The van der Waals surface area contributed by atoms with E-state index in [-0.39, 0.29) is 10.2 Å². The number of nitrogens with zero attached hydrogens (tertiary/aromatic N) is 4. The maximum absolute atomic E-state index is 12.1. The minimum Gasteiger partial charge on any atom is -0.324 e. The fourth-order valence-corrected chi connectivity index (χ4v) is 2.71. The molecule has 98 valence electrons. The molecule has 1 aromatic heterocycles. The minimum absolute atomic E-state index is 0.0945. The summed E-state index contributed by atoms with van der Waals surface area (Å²) in [6.07, 6.45) is 1.38. The number of rotatable bonds is 5. The molecule has 1 aromatic rings. The smallest absolute Gasteiger partial charge is 0.263 e. The van der Waals surface area contributed by atoms with Gasteiger partial charge in [0.2, 0.25) is 5.03 Å². The van der Waals surface area contributed by atoms with Crippen molar-refractivity contribution in [2.24, 2.45) is 7.05 Å². The van der Waals surface area contributed by atoms with Crippen LogP contribution in [0, 0.1) is 0 Å². The average molecular weight is 281 g/mol. The second-order valence-corrected chi connectivity index (χ2v) is 6.40. The van der Waals surface area contributed by atoms with E-state index in [0.29, 0.717) is 13.1 Å². The van der Waals surface area contributed by atoms with E-state index in [1.54, 1.807) is 7.05 Å². The molecule has 0 aromatic carbocycles. The molecular formula is C9H17ClN4O2S. The summed E-state index contributed by atoms with van der Waals surface area (Å²) in [7, 11) is 3.33. The van der Waals surface area contributed by atoms with Crippen LogP contribution >= 0.6 is 11.6 Å². The van der Waals surface area contributed by atoms with Crippen molar-refractivity contribution in [3.8, 4) is 0 Å². The highest BCUT2D eigenvalue weighted by Gasteiger charge is 2.26. The fourth-order valence-electron chi connectivity index (χ4n) is 1.18. The summed E-state index contributed by atoms with van der Waals surface area (Å²) in [5.41, 5.74) is 0. The summed E-state index contributed by atoms with van der Waals surface area (Å²) in [4.78, 5) is 5.73. The zero-order chi connectivity index (χ0) is 13.2. The van der Waals surface area contributed by atoms with Crippen LogP contribution in [0.25, 0.3) is 0 Å². The number of aromatic nitrogens is 2. The molecule has 0 saturated heterocycles. The van der Waals surface area contributed by atoms with Crippen molar-refractivity contribution in [2.75, 3.05) is 34.2 Å². The third-order valence-electron chi connectivity index (χ3n) is 2.35. The Kier molecular flexibility index (Phi) is 4.54. The molecule has 0 radical (unpaired) electrons.